The Morgan fingerprint density at radius 3 is 2.50 bits per heavy atom. The maximum atomic E-state index is 13.9. The van der Waals surface area contributed by atoms with Gasteiger partial charge in [0.25, 0.3) is 5.91 Å². The largest absolute Gasteiger partial charge is 0.417 e. The monoisotopic (exact) mass is 550 g/mol. The molecule has 0 radical (unpaired) electrons. The Kier molecular flexibility index (Phi) is 8.68. The molecule has 0 saturated carbocycles. The van der Waals surface area contributed by atoms with Crippen molar-refractivity contribution in [2.75, 3.05) is 46.1 Å². The highest BCUT2D eigenvalue weighted by molar-refractivity contribution is 5.94. The van der Waals surface area contributed by atoms with Gasteiger partial charge in [-0.25, -0.2) is 0 Å². The topological polar surface area (TPSA) is 74.2 Å². The van der Waals surface area contributed by atoms with Crippen LogP contribution in [-0.4, -0.2) is 71.7 Å². The predicted octanol–water partition coefficient (Wildman–Crippen LogP) is 5.80. The van der Waals surface area contributed by atoms with Gasteiger partial charge in [-0.3, -0.25) is 14.7 Å². The van der Waals surface area contributed by atoms with Crippen LogP contribution in [0.2, 0.25) is 0 Å². The summed E-state index contributed by atoms with van der Waals surface area (Å²) in [7, 11) is 4.82. The van der Waals surface area contributed by atoms with Crippen LogP contribution in [0, 0.1) is 6.92 Å². The van der Waals surface area contributed by atoms with Gasteiger partial charge in [0.1, 0.15) is 5.82 Å². The Labute approximate surface area is 232 Å². The number of hydrogen-bond acceptors (Lipinski definition) is 6. The van der Waals surface area contributed by atoms with Crippen molar-refractivity contribution in [1.29, 1.82) is 0 Å². The van der Waals surface area contributed by atoms with Crippen LogP contribution in [-0.2, 0) is 6.18 Å². The number of carbonyl (C=O) groups is 1. The number of amides is 1. The zero-order chi connectivity index (χ0) is 29.0. The number of rotatable bonds is 7. The lowest BCUT2D eigenvalue weighted by molar-refractivity contribution is -0.137. The van der Waals surface area contributed by atoms with E-state index in [1.54, 1.807) is 13.2 Å². The SMILES string of the molecule is CNc1ccc(-c2ccnc(C)c2/C=C(\C)CN2CC=C(c3ccc(C(=O)N(C)C)cc3C(F)(F)F)CC2)nn1. The molecule has 1 amide bonds. The Bertz CT molecular complexity index is 1440. The number of pyridine rings is 1. The molecule has 0 atom stereocenters. The molecule has 10 heteroatoms. The van der Waals surface area contributed by atoms with Crippen LogP contribution in [0.5, 0.6) is 0 Å². The maximum Gasteiger partial charge on any atom is 0.417 e. The summed E-state index contributed by atoms with van der Waals surface area (Å²) in [6.45, 7) is 5.77. The molecule has 210 valence electrons. The van der Waals surface area contributed by atoms with Gasteiger partial charge in [0, 0.05) is 69.4 Å². The molecule has 1 aromatic carbocycles. The van der Waals surface area contributed by atoms with Crippen molar-refractivity contribution < 1.29 is 18.0 Å². The fourth-order valence-electron chi connectivity index (χ4n) is 4.79. The van der Waals surface area contributed by atoms with E-state index in [0.29, 0.717) is 37.4 Å². The van der Waals surface area contributed by atoms with Crippen molar-refractivity contribution in [3.05, 3.63) is 82.2 Å². The van der Waals surface area contributed by atoms with Crippen molar-refractivity contribution in [3.8, 4) is 11.3 Å². The quantitative estimate of drug-likeness (QED) is 0.401. The smallest absolute Gasteiger partial charge is 0.372 e. The third kappa shape index (κ3) is 6.56. The van der Waals surface area contributed by atoms with E-state index >= 15 is 0 Å². The molecular weight excluding hydrogens is 517 g/mol. The summed E-state index contributed by atoms with van der Waals surface area (Å²) >= 11 is 0. The fourth-order valence-corrected chi connectivity index (χ4v) is 4.79. The third-order valence-electron chi connectivity index (χ3n) is 6.87. The zero-order valence-electron chi connectivity index (χ0n) is 23.3. The van der Waals surface area contributed by atoms with E-state index < -0.39 is 17.6 Å². The molecule has 3 heterocycles. The summed E-state index contributed by atoms with van der Waals surface area (Å²) in [4.78, 5) is 20.2. The van der Waals surface area contributed by atoms with E-state index in [0.717, 1.165) is 34.2 Å². The second-order valence-corrected chi connectivity index (χ2v) is 10.1. The molecule has 40 heavy (non-hydrogen) atoms. The lowest BCUT2D eigenvalue weighted by Gasteiger charge is -2.28. The van der Waals surface area contributed by atoms with Gasteiger partial charge in [0.2, 0.25) is 0 Å². The number of anilines is 1. The number of halogens is 3. The lowest BCUT2D eigenvalue weighted by atomic mass is 9.92. The lowest BCUT2D eigenvalue weighted by Crippen LogP contribution is -2.30. The average Bonchev–Trinajstić information content (AvgIpc) is 2.93. The Morgan fingerprint density at radius 2 is 1.90 bits per heavy atom. The molecule has 0 unspecified atom stereocenters. The van der Waals surface area contributed by atoms with E-state index in [9.17, 15) is 18.0 Å². The minimum Gasteiger partial charge on any atom is -0.372 e. The Hall–Kier alpha value is -4.05. The zero-order valence-corrected chi connectivity index (χ0v) is 23.3. The highest BCUT2D eigenvalue weighted by Crippen LogP contribution is 2.37. The first kappa shape index (κ1) is 28.9. The molecule has 0 saturated heterocycles. The van der Waals surface area contributed by atoms with Crippen LogP contribution in [0.3, 0.4) is 0 Å². The molecule has 7 nitrogen and oxygen atoms in total. The number of hydrogen-bond donors (Lipinski definition) is 1. The number of aromatic nitrogens is 3. The van der Waals surface area contributed by atoms with Gasteiger partial charge in [0.05, 0.1) is 11.3 Å². The van der Waals surface area contributed by atoms with Crippen LogP contribution in [0.4, 0.5) is 19.0 Å². The van der Waals surface area contributed by atoms with E-state index in [4.69, 9.17) is 0 Å². The summed E-state index contributed by atoms with van der Waals surface area (Å²) < 4.78 is 41.8. The highest BCUT2D eigenvalue weighted by Gasteiger charge is 2.35. The molecule has 4 rings (SSSR count). The Morgan fingerprint density at radius 1 is 1.12 bits per heavy atom. The number of carbonyl (C=O) groups excluding carboxylic acids is 1. The van der Waals surface area contributed by atoms with Crippen LogP contribution in [0.25, 0.3) is 22.9 Å². The molecule has 3 aromatic rings. The van der Waals surface area contributed by atoms with Crippen LogP contribution in [0.15, 0.2) is 54.2 Å². The van der Waals surface area contributed by atoms with E-state index in [-0.39, 0.29) is 11.1 Å². The van der Waals surface area contributed by atoms with Crippen LogP contribution >= 0.6 is 0 Å². The first-order chi connectivity index (χ1) is 19.0. The van der Waals surface area contributed by atoms with E-state index in [2.05, 4.69) is 31.5 Å². The number of nitrogens with one attached hydrogen (secondary N) is 1. The van der Waals surface area contributed by atoms with Gasteiger partial charge < -0.3 is 10.2 Å². The molecule has 1 aliphatic heterocycles. The molecule has 1 N–H and O–H groups in total. The molecule has 0 bridgehead atoms. The molecule has 0 spiro atoms. The molecule has 0 aliphatic carbocycles. The summed E-state index contributed by atoms with van der Waals surface area (Å²) in [5.41, 5.74) is 4.62. The van der Waals surface area contributed by atoms with Gasteiger partial charge >= 0.3 is 6.18 Å². The summed E-state index contributed by atoms with van der Waals surface area (Å²) in [6, 6.07) is 9.55. The van der Waals surface area contributed by atoms with Crippen molar-refractivity contribution in [3.63, 3.8) is 0 Å². The van der Waals surface area contributed by atoms with Gasteiger partial charge in [-0.1, -0.05) is 23.8 Å². The third-order valence-corrected chi connectivity index (χ3v) is 6.87. The maximum absolute atomic E-state index is 13.9. The number of aryl methyl sites for hydroxylation is 1. The van der Waals surface area contributed by atoms with Gasteiger partial charge in [-0.2, -0.15) is 13.2 Å². The molecular formula is C30H33F3N6O. The minimum atomic E-state index is -4.56. The number of benzene rings is 1. The van der Waals surface area contributed by atoms with Crippen molar-refractivity contribution in [2.45, 2.75) is 26.4 Å². The first-order valence-corrected chi connectivity index (χ1v) is 13.0. The summed E-state index contributed by atoms with van der Waals surface area (Å²) in [5.74, 6) is 0.220. The summed E-state index contributed by atoms with van der Waals surface area (Å²) in [5, 5.41) is 11.5. The normalized spacial score (nSPS) is 14.6. The number of nitrogens with zero attached hydrogens (tertiary/aromatic N) is 5. The van der Waals surface area contributed by atoms with E-state index in [1.807, 2.05) is 38.1 Å². The van der Waals surface area contributed by atoms with Crippen molar-refractivity contribution >= 4 is 23.4 Å². The van der Waals surface area contributed by atoms with Gasteiger partial charge in [-0.15, -0.1) is 10.2 Å². The fraction of sp³-hybridized carbons (Fsp3) is 0.333. The minimum absolute atomic E-state index is 0.0221. The average molecular weight is 551 g/mol. The van der Waals surface area contributed by atoms with E-state index in [1.165, 1.54) is 31.1 Å². The Balaban J connectivity index is 1.53. The van der Waals surface area contributed by atoms with Gasteiger partial charge in [-0.05, 0) is 61.7 Å². The molecule has 2 aromatic heterocycles. The van der Waals surface area contributed by atoms with Crippen LogP contribution in [0.1, 0.15) is 46.1 Å². The first-order valence-electron chi connectivity index (χ1n) is 13.0. The second-order valence-electron chi connectivity index (χ2n) is 10.1. The molecule has 1 aliphatic rings. The highest BCUT2D eigenvalue weighted by atomic mass is 19.4. The molecule has 0 fully saturated rings. The van der Waals surface area contributed by atoms with Crippen molar-refractivity contribution in [2.24, 2.45) is 0 Å². The number of alkyl halides is 3. The second kappa shape index (κ2) is 12.0. The van der Waals surface area contributed by atoms with Crippen LogP contribution < -0.4 is 5.32 Å². The standard InChI is InChI=1S/C30H33F3N6O/c1-19(16-25-20(2)35-13-10-24(25)27-8-9-28(34-3)37-36-27)18-39-14-11-21(12-15-39)23-7-6-22(29(40)38(4)5)17-26(23)30(31,32)33/h6-11,13,16-17H,12,14-15,18H2,1-5H3,(H,34,37)/b19-16+. The van der Waals surface area contributed by atoms with Crippen molar-refractivity contribution in [1.82, 2.24) is 25.0 Å². The predicted molar refractivity (Wildman–Crippen MR) is 152 cm³/mol. The summed E-state index contributed by atoms with van der Waals surface area (Å²) in [6.07, 6.45) is 1.61. The van der Waals surface area contributed by atoms with Gasteiger partial charge in [0.15, 0.2) is 0 Å².